The molecule has 0 saturated heterocycles. The van der Waals surface area contributed by atoms with Crippen LogP contribution in [0.25, 0.3) is 0 Å². The van der Waals surface area contributed by atoms with E-state index in [1.54, 1.807) is 0 Å². The van der Waals surface area contributed by atoms with Gasteiger partial charge in [-0.25, -0.2) is 0 Å². The van der Waals surface area contributed by atoms with Gasteiger partial charge >= 0.3 is 0 Å². The highest BCUT2D eigenvalue weighted by molar-refractivity contribution is 5.25. The summed E-state index contributed by atoms with van der Waals surface area (Å²) in [4.78, 5) is 0. The maximum atomic E-state index is 5.29. The molecule has 0 aliphatic carbocycles. The third-order valence-corrected chi connectivity index (χ3v) is 0.773. The van der Waals surface area contributed by atoms with Gasteiger partial charge in [-0.1, -0.05) is 20.6 Å². The zero-order valence-corrected chi connectivity index (χ0v) is 4.72. The van der Waals surface area contributed by atoms with Crippen molar-refractivity contribution in [3.05, 3.63) is 36.7 Å². The molecule has 0 heterocycles. The van der Waals surface area contributed by atoms with E-state index in [2.05, 4.69) is 13.2 Å². The fraction of sp³-hybridized carbons (Fsp3) is 0.143. The molecule has 2 nitrogen and oxygen atoms in total. The summed E-state index contributed by atoms with van der Waals surface area (Å²) in [7, 11) is 0. The smallest absolute Gasteiger partial charge is 0.0541 e. The fourth-order valence-electron chi connectivity index (χ4n) is 0.236. The van der Waals surface area contributed by atoms with Crippen LogP contribution in [0.3, 0.4) is 0 Å². The quantitative estimate of drug-likeness (QED) is 0.545. The van der Waals surface area contributed by atoms with Gasteiger partial charge in [0.15, 0.2) is 0 Å². The Labute approximate surface area is 56.5 Å². The van der Waals surface area contributed by atoms with Gasteiger partial charge in [-0.2, -0.15) is 0 Å². The van der Waals surface area contributed by atoms with Gasteiger partial charge in [0.1, 0.15) is 0 Å². The van der Waals surface area contributed by atoms with Crippen LogP contribution < -0.4 is 11.5 Å². The van der Waals surface area contributed by atoms with Crippen LogP contribution in [0.5, 0.6) is 0 Å². The normalized spacial score (nSPS) is 10.7. The highest BCUT2D eigenvalue weighted by atomic mass is 14.7. The Morgan fingerprint density at radius 3 is 1.33 bits per heavy atom. The van der Waals surface area contributed by atoms with Gasteiger partial charge in [-0.05, 0) is 12.2 Å². The van der Waals surface area contributed by atoms with E-state index in [0.717, 1.165) is 0 Å². The molecule has 0 aromatic heterocycles. The molecule has 2 heteroatoms. The van der Waals surface area contributed by atoms with Crippen molar-refractivity contribution in [1.82, 2.24) is 0 Å². The number of hydrogen-bond acceptors (Lipinski definition) is 2. The zero-order valence-electron chi connectivity index (χ0n) is 4.72. The monoisotopic (exact) mass is 126 g/mol. The molecule has 9 heavy (non-hydrogen) atoms. The Morgan fingerprint density at radius 2 is 1.22 bits per heavy atom. The molecule has 0 aliphatic rings. The van der Waals surface area contributed by atoms with Gasteiger partial charge in [-0.15, -0.1) is 0 Å². The van der Waals surface area contributed by atoms with E-state index in [4.69, 9.17) is 11.5 Å². The molecule has 0 radical (unpaired) electrons. The Morgan fingerprint density at radius 1 is 1.00 bits per heavy atom. The van der Waals surface area contributed by atoms with Crippen LogP contribution in [0.4, 0.5) is 0 Å². The number of rotatable bonds is 2. The predicted octanol–water partition coefficient (Wildman–Crippen LogP) is 1.12. The van der Waals surface area contributed by atoms with Gasteiger partial charge < -0.3 is 11.5 Å². The van der Waals surface area contributed by atoms with Crippen LogP contribution in [0.2, 0.25) is 0 Å². The van der Waals surface area contributed by atoms with Gasteiger partial charge in [0.05, 0.1) is 11.4 Å². The summed E-state index contributed by atoms with van der Waals surface area (Å²) in [5, 5.41) is 0. The Kier molecular flexibility index (Phi) is 5.93. The van der Waals surface area contributed by atoms with Crippen molar-refractivity contribution in [3.63, 3.8) is 0 Å². The third-order valence-electron chi connectivity index (χ3n) is 0.773. The SMILES string of the molecule is C.C=C/C(N)=C(/N)C=C. The van der Waals surface area contributed by atoms with Crippen LogP contribution in [-0.2, 0) is 0 Å². The minimum atomic E-state index is 0. The van der Waals surface area contributed by atoms with Crippen LogP contribution in [0.15, 0.2) is 36.7 Å². The molecule has 0 rings (SSSR count). The summed E-state index contributed by atoms with van der Waals surface area (Å²) in [5.74, 6) is 0. The maximum Gasteiger partial charge on any atom is 0.0541 e. The maximum absolute atomic E-state index is 5.29. The van der Waals surface area contributed by atoms with Crippen LogP contribution >= 0.6 is 0 Å². The molecule has 0 atom stereocenters. The molecule has 0 fully saturated rings. The first-order valence-electron chi connectivity index (χ1n) is 2.22. The molecule has 0 saturated carbocycles. The number of allylic oxidation sites excluding steroid dienone is 2. The minimum absolute atomic E-state index is 0. The second kappa shape index (κ2) is 4.97. The van der Waals surface area contributed by atoms with E-state index in [1.165, 1.54) is 12.2 Å². The van der Waals surface area contributed by atoms with Gasteiger partial charge in [0.25, 0.3) is 0 Å². The van der Waals surface area contributed by atoms with Crippen LogP contribution in [0, 0.1) is 0 Å². The summed E-state index contributed by atoms with van der Waals surface area (Å²) < 4.78 is 0. The van der Waals surface area contributed by atoms with Crippen molar-refractivity contribution in [2.24, 2.45) is 11.5 Å². The second-order valence-electron chi connectivity index (χ2n) is 1.32. The van der Waals surface area contributed by atoms with Gasteiger partial charge in [0.2, 0.25) is 0 Å². The van der Waals surface area contributed by atoms with Crippen molar-refractivity contribution in [2.45, 2.75) is 7.43 Å². The molecule has 0 unspecified atom stereocenters. The summed E-state index contributed by atoms with van der Waals surface area (Å²) in [6, 6.07) is 0. The van der Waals surface area contributed by atoms with E-state index in [0.29, 0.717) is 11.4 Å². The van der Waals surface area contributed by atoms with Crippen LogP contribution in [-0.4, -0.2) is 0 Å². The lowest BCUT2D eigenvalue weighted by molar-refractivity contribution is 1.29. The lowest BCUT2D eigenvalue weighted by Crippen LogP contribution is -2.04. The standard InChI is InChI=1S/C6H10N2.CH4/c1-3-5(7)6(8)4-2;/h3-4H,1-2,7-8H2;1H4/b6-5-;. The van der Waals surface area contributed by atoms with Crippen LogP contribution in [0.1, 0.15) is 7.43 Å². The first-order valence-corrected chi connectivity index (χ1v) is 2.22. The van der Waals surface area contributed by atoms with E-state index in [-0.39, 0.29) is 7.43 Å². The average molecular weight is 126 g/mol. The van der Waals surface area contributed by atoms with Crippen molar-refractivity contribution in [2.75, 3.05) is 0 Å². The molecule has 0 amide bonds. The predicted molar refractivity (Wildman–Crippen MR) is 42.5 cm³/mol. The third kappa shape index (κ3) is 3.41. The van der Waals surface area contributed by atoms with Crippen molar-refractivity contribution < 1.29 is 0 Å². The van der Waals surface area contributed by atoms with Gasteiger partial charge in [0, 0.05) is 0 Å². The Hall–Kier alpha value is -1.18. The molecule has 0 bridgehead atoms. The van der Waals surface area contributed by atoms with Crippen molar-refractivity contribution in [1.29, 1.82) is 0 Å². The lowest BCUT2D eigenvalue weighted by atomic mass is 10.3. The molecule has 0 aliphatic heterocycles. The van der Waals surface area contributed by atoms with Gasteiger partial charge in [-0.3, -0.25) is 0 Å². The Balaban J connectivity index is 0. The molecule has 0 aromatic carbocycles. The van der Waals surface area contributed by atoms with E-state index in [1.807, 2.05) is 0 Å². The van der Waals surface area contributed by atoms with E-state index >= 15 is 0 Å². The summed E-state index contributed by atoms with van der Waals surface area (Å²) >= 11 is 0. The molecule has 52 valence electrons. The molecular formula is C7H14N2. The number of hydrogen-bond donors (Lipinski definition) is 2. The molecule has 0 spiro atoms. The average Bonchev–Trinajstić information content (AvgIpc) is 1.84. The first kappa shape index (κ1) is 10.7. The number of nitrogens with two attached hydrogens (primary N) is 2. The molecular weight excluding hydrogens is 112 g/mol. The summed E-state index contributed by atoms with van der Waals surface area (Å²) in [6.07, 6.45) is 2.97. The molecule has 0 aromatic rings. The van der Waals surface area contributed by atoms with E-state index < -0.39 is 0 Å². The van der Waals surface area contributed by atoms with Crippen molar-refractivity contribution in [3.8, 4) is 0 Å². The largest absolute Gasteiger partial charge is 0.397 e. The van der Waals surface area contributed by atoms with Crippen molar-refractivity contribution >= 4 is 0 Å². The highest BCUT2D eigenvalue weighted by Crippen LogP contribution is 1.90. The van der Waals surface area contributed by atoms with E-state index in [9.17, 15) is 0 Å². The summed E-state index contributed by atoms with van der Waals surface area (Å²) in [6.45, 7) is 6.84. The minimum Gasteiger partial charge on any atom is -0.397 e. The highest BCUT2D eigenvalue weighted by Gasteiger charge is 1.83. The lowest BCUT2D eigenvalue weighted by Gasteiger charge is -1.93. The second-order valence-corrected chi connectivity index (χ2v) is 1.32. The topological polar surface area (TPSA) is 52.0 Å². The zero-order chi connectivity index (χ0) is 6.57. The molecule has 4 N–H and O–H groups in total. The summed E-state index contributed by atoms with van der Waals surface area (Å²) in [5.41, 5.74) is 11.5. The Bertz CT molecular complexity index is 118. The first-order chi connectivity index (χ1) is 3.72. The fourth-order valence-corrected chi connectivity index (χ4v) is 0.236.